The molecule has 3 aromatic carbocycles. The molecule has 0 radical (unpaired) electrons. The maximum Gasteiger partial charge on any atom is 0.258 e. The molecule has 4 aromatic rings. The highest BCUT2D eigenvalue weighted by molar-refractivity contribution is 6.04. The van der Waals surface area contributed by atoms with Gasteiger partial charge in [-0.15, -0.1) is 0 Å². The second kappa shape index (κ2) is 7.14. The Kier molecular flexibility index (Phi) is 4.38. The van der Waals surface area contributed by atoms with Gasteiger partial charge in [0, 0.05) is 5.56 Å². The number of anilines is 1. The van der Waals surface area contributed by atoms with Crippen molar-refractivity contribution in [3.63, 3.8) is 0 Å². The molecule has 1 N–H and O–H groups in total. The standard InChI is InChI=1S/C22H16N4O/c23-14-17-9-6-10-18(13-17)21(27)25-22-24-19-11-4-5-12-20(19)26(22)15-16-7-2-1-3-8-16/h1-13H,15H2,(H,24,25,27). The van der Waals surface area contributed by atoms with Crippen molar-refractivity contribution < 1.29 is 4.79 Å². The maximum absolute atomic E-state index is 12.7. The van der Waals surface area contributed by atoms with E-state index < -0.39 is 0 Å². The number of para-hydroxylation sites is 2. The van der Waals surface area contributed by atoms with E-state index in [-0.39, 0.29) is 5.91 Å². The van der Waals surface area contributed by atoms with E-state index >= 15 is 0 Å². The Labute approximate surface area is 156 Å². The summed E-state index contributed by atoms with van der Waals surface area (Å²) < 4.78 is 1.98. The molecule has 0 unspecified atom stereocenters. The summed E-state index contributed by atoms with van der Waals surface area (Å²) in [6.45, 7) is 0.592. The van der Waals surface area contributed by atoms with Gasteiger partial charge in [-0.25, -0.2) is 4.98 Å². The first kappa shape index (κ1) is 16.6. The van der Waals surface area contributed by atoms with Crippen LogP contribution >= 0.6 is 0 Å². The first-order valence-corrected chi connectivity index (χ1v) is 8.55. The van der Waals surface area contributed by atoms with E-state index in [4.69, 9.17) is 5.26 Å². The summed E-state index contributed by atoms with van der Waals surface area (Å²) in [5, 5.41) is 11.9. The predicted octanol–water partition coefficient (Wildman–Crippen LogP) is 4.21. The van der Waals surface area contributed by atoms with Crippen molar-refractivity contribution >= 4 is 22.9 Å². The number of carbonyl (C=O) groups is 1. The molecule has 0 aliphatic rings. The summed E-state index contributed by atoms with van der Waals surface area (Å²) in [6.07, 6.45) is 0. The van der Waals surface area contributed by atoms with Gasteiger partial charge in [0.15, 0.2) is 0 Å². The van der Waals surface area contributed by atoms with Crippen LogP contribution in [0.3, 0.4) is 0 Å². The number of nitrogens with zero attached hydrogens (tertiary/aromatic N) is 3. The molecule has 0 aliphatic heterocycles. The minimum absolute atomic E-state index is 0.295. The van der Waals surface area contributed by atoms with Crippen LogP contribution in [0.1, 0.15) is 21.5 Å². The number of amides is 1. The van der Waals surface area contributed by atoms with E-state index in [0.29, 0.717) is 23.6 Å². The molecule has 4 rings (SSSR count). The molecule has 1 heterocycles. The van der Waals surface area contributed by atoms with E-state index in [1.165, 1.54) is 0 Å². The average molecular weight is 352 g/mol. The molecule has 0 spiro atoms. The van der Waals surface area contributed by atoms with Crippen LogP contribution in [0.2, 0.25) is 0 Å². The van der Waals surface area contributed by atoms with Gasteiger partial charge in [0.2, 0.25) is 5.95 Å². The van der Waals surface area contributed by atoms with Crippen molar-refractivity contribution in [2.45, 2.75) is 6.54 Å². The van der Waals surface area contributed by atoms with Crippen LogP contribution in [0.25, 0.3) is 11.0 Å². The number of aromatic nitrogens is 2. The molecule has 130 valence electrons. The fourth-order valence-electron chi connectivity index (χ4n) is 3.00. The number of fused-ring (bicyclic) bond motifs is 1. The van der Waals surface area contributed by atoms with Gasteiger partial charge in [0.25, 0.3) is 5.91 Å². The quantitative estimate of drug-likeness (QED) is 0.598. The van der Waals surface area contributed by atoms with Gasteiger partial charge >= 0.3 is 0 Å². The van der Waals surface area contributed by atoms with Gasteiger partial charge in [-0.1, -0.05) is 48.5 Å². The molecule has 0 atom stereocenters. The van der Waals surface area contributed by atoms with Crippen molar-refractivity contribution in [2.24, 2.45) is 0 Å². The van der Waals surface area contributed by atoms with Crippen LogP contribution in [0.5, 0.6) is 0 Å². The van der Waals surface area contributed by atoms with Crippen molar-refractivity contribution in [1.29, 1.82) is 5.26 Å². The highest BCUT2D eigenvalue weighted by Crippen LogP contribution is 2.22. The van der Waals surface area contributed by atoms with Crippen LogP contribution in [-0.2, 0) is 6.54 Å². The number of rotatable bonds is 4. The predicted molar refractivity (Wildman–Crippen MR) is 104 cm³/mol. The zero-order chi connectivity index (χ0) is 18.6. The largest absolute Gasteiger partial charge is 0.305 e. The number of imidazole rings is 1. The molecule has 1 amide bonds. The monoisotopic (exact) mass is 352 g/mol. The van der Waals surface area contributed by atoms with E-state index in [0.717, 1.165) is 16.6 Å². The lowest BCUT2D eigenvalue weighted by Gasteiger charge is -2.10. The lowest BCUT2D eigenvalue weighted by molar-refractivity contribution is 0.102. The van der Waals surface area contributed by atoms with Crippen LogP contribution in [0.4, 0.5) is 5.95 Å². The number of carbonyl (C=O) groups excluding carboxylic acids is 1. The van der Waals surface area contributed by atoms with E-state index in [1.54, 1.807) is 24.3 Å². The van der Waals surface area contributed by atoms with E-state index in [2.05, 4.69) is 16.4 Å². The summed E-state index contributed by atoms with van der Waals surface area (Å²) >= 11 is 0. The lowest BCUT2D eigenvalue weighted by Crippen LogP contribution is -2.16. The number of nitrogens with one attached hydrogen (secondary N) is 1. The number of hydrogen-bond donors (Lipinski definition) is 1. The third-order valence-corrected chi connectivity index (χ3v) is 4.32. The van der Waals surface area contributed by atoms with Crippen LogP contribution in [0.15, 0.2) is 78.9 Å². The summed E-state index contributed by atoms with van der Waals surface area (Å²) in [5.74, 6) is 0.184. The third-order valence-electron chi connectivity index (χ3n) is 4.32. The molecule has 0 saturated heterocycles. The van der Waals surface area contributed by atoms with Crippen LogP contribution in [0, 0.1) is 11.3 Å². The minimum Gasteiger partial charge on any atom is -0.305 e. The van der Waals surface area contributed by atoms with Crippen molar-refractivity contribution in [3.05, 3.63) is 95.6 Å². The molecule has 0 saturated carbocycles. The average Bonchev–Trinajstić information content (AvgIpc) is 3.06. The van der Waals surface area contributed by atoms with Gasteiger partial charge < -0.3 is 4.57 Å². The molecule has 27 heavy (non-hydrogen) atoms. The second-order valence-corrected chi connectivity index (χ2v) is 6.14. The van der Waals surface area contributed by atoms with Gasteiger partial charge in [-0.3, -0.25) is 10.1 Å². The van der Waals surface area contributed by atoms with Crippen molar-refractivity contribution in [2.75, 3.05) is 5.32 Å². The van der Waals surface area contributed by atoms with Gasteiger partial charge in [0.1, 0.15) is 0 Å². The molecule has 0 fully saturated rings. The van der Waals surface area contributed by atoms with E-state index in [1.807, 2.05) is 59.2 Å². The normalized spacial score (nSPS) is 10.5. The Bertz CT molecular complexity index is 1160. The number of nitriles is 1. The van der Waals surface area contributed by atoms with E-state index in [9.17, 15) is 4.79 Å². The van der Waals surface area contributed by atoms with Crippen LogP contribution in [-0.4, -0.2) is 15.5 Å². The first-order valence-electron chi connectivity index (χ1n) is 8.55. The zero-order valence-corrected chi connectivity index (χ0v) is 14.5. The highest BCUT2D eigenvalue weighted by Gasteiger charge is 2.15. The molecule has 5 heteroatoms. The highest BCUT2D eigenvalue weighted by atomic mass is 16.1. The molecule has 5 nitrogen and oxygen atoms in total. The first-order chi connectivity index (χ1) is 13.2. The molecular formula is C22H16N4O. The summed E-state index contributed by atoms with van der Waals surface area (Å²) in [7, 11) is 0. The van der Waals surface area contributed by atoms with Gasteiger partial charge in [-0.05, 0) is 35.9 Å². The Morgan fingerprint density at radius 1 is 1.00 bits per heavy atom. The minimum atomic E-state index is -0.295. The van der Waals surface area contributed by atoms with Crippen LogP contribution < -0.4 is 5.32 Å². The fourth-order valence-corrected chi connectivity index (χ4v) is 3.00. The van der Waals surface area contributed by atoms with Gasteiger partial charge in [-0.2, -0.15) is 5.26 Å². The smallest absolute Gasteiger partial charge is 0.258 e. The Morgan fingerprint density at radius 3 is 2.59 bits per heavy atom. The molecule has 1 aromatic heterocycles. The topological polar surface area (TPSA) is 70.7 Å². The second-order valence-electron chi connectivity index (χ2n) is 6.14. The Balaban J connectivity index is 1.71. The molecular weight excluding hydrogens is 336 g/mol. The van der Waals surface area contributed by atoms with Crippen molar-refractivity contribution in [3.8, 4) is 6.07 Å². The number of hydrogen-bond acceptors (Lipinski definition) is 3. The van der Waals surface area contributed by atoms with Crippen molar-refractivity contribution in [1.82, 2.24) is 9.55 Å². The number of benzene rings is 3. The summed E-state index contributed by atoms with van der Waals surface area (Å²) in [6, 6.07) is 26.5. The Morgan fingerprint density at radius 2 is 1.78 bits per heavy atom. The molecule has 0 aliphatic carbocycles. The molecule has 0 bridgehead atoms. The lowest BCUT2D eigenvalue weighted by atomic mass is 10.1. The fraction of sp³-hybridized carbons (Fsp3) is 0.0455. The zero-order valence-electron chi connectivity index (χ0n) is 14.5. The third kappa shape index (κ3) is 3.42. The SMILES string of the molecule is N#Cc1cccc(C(=O)Nc2nc3ccccc3n2Cc2ccccc2)c1. The summed E-state index contributed by atoms with van der Waals surface area (Å²) in [5.41, 5.74) is 3.74. The van der Waals surface area contributed by atoms with Gasteiger partial charge in [0.05, 0.1) is 29.2 Å². The Hall–Kier alpha value is -3.91. The summed E-state index contributed by atoms with van der Waals surface area (Å²) in [4.78, 5) is 17.3. The maximum atomic E-state index is 12.7.